The molecule has 1 fully saturated rings. The molecule has 2 aromatic rings. The van der Waals surface area contributed by atoms with Gasteiger partial charge in [0.05, 0.1) is 0 Å². The van der Waals surface area contributed by atoms with Crippen molar-refractivity contribution in [3.05, 3.63) is 54.2 Å². The van der Waals surface area contributed by atoms with Crippen molar-refractivity contribution in [3.8, 4) is 0 Å². The first-order chi connectivity index (χ1) is 11.1. The fourth-order valence-corrected chi connectivity index (χ4v) is 2.86. The Morgan fingerprint density at radius 1 is 1.30 bits per heavy atom. The highest BCUT2D eigenvalue weighted by Gasteiger charge is 2.38. The van der Waals surface area contributed by atoms with Crippen LogP contribution in [0.3, 0.4) is 0 Å². The Labute approximate surface area is 134 Å². The molecule has 2 atom stereocenters. The molecule has 2 amide bonds. The molecule has 3 N–H and O–H groups in total. The Hall–Kier alpha value is -2.89. The molecule has 1 aromatic carbocycles. The van der Waals surface area contributed by atoms with E-state index >= 15 is 0 Å². The van der Waals surface area contributed by atoms with Crippen LogP contribution in [0.5, 0.6) is 0 Å². The lowest BCUT2D eigenvalue weighted by Gasteiger charge is -2.21. The average Bonchev–Trinajstić information content (AvgIpc) is 2.82. The molecule has 2 unspecified atom stereocenters. The van der Waals surface area contributed by atoms with Gasteiger partial charge in [-0.15, -0.1) is 0 Å². The Kier molecular flexibility index (Phi) is 3.97. The maximum atomic E-state index is 12.7. The van der Waals surface area contributed by atoms with Crippen molar-refractivity contribution in [2.24, 2.45) is 5.73 Å². The van der Waals surface area contributed by atoms with E-state index in [1.54, 1.807) is 17.0 Å². The lowest BCUT2D eigenvalue weighted by atomic mass is 10.2. The molecule has 3 rings (SSSR count). The molecule has 0 radical (unpaired) electrons. The van der Waals surface area contributed by atoms with Crippen LogP contribution in [0.15, 0.2) is 48.7 Å². The fourth-order valence-electron chi connectivity index (χ4n) is 2.86. The number of nitrogens with one attached hydrogen (secondary N) is 1. The highest BCUT2D eigenvalue weighted by atomic mass is 16.2. The monoisotopic (exact) mass is 310 g/mol. The van der Waals surface area contributed by atoms with Gasteiger partial charge in [-0.05, 0) is 37.6 Å². The second-order valence-electron chi connectivity index (χ2n) is 5.62. The minimum absolute atomic E-state index is 0.00465. The number of hydrogen-bond acceptors (Lipinski definition) is 4. The molecule has 118 valence electrons. The standard InChI is InChI=1S/C17H18N4O2/c1-11-9-14(17(23)21(11)13-5-3-2-4-6-13)20-15-10-12(16(18)22)7-8-19-15/h2-8,10-11,14H,9H2,1H3,(H2,18,22)(H,19,20). The van der Waals surface area contributed by atoms with Crippen LogP contribution < -0.4 is 16.0 Å². The number of carbonyl (C=O) groups excluding carboxylic acids is 2. The summed E-state index contributed by atoms with van der Waals surface area (Å²) in [4.78, 5) is 29.9. The fraction of sp³-hybridized carbons (Fsp3) is 0.235. The molecule has 1 saturated heterocycles. The first-order valence-corrected chi connectivity index (χ1v) is 7.47. The van der Waals surface area contributed by atoms with E-state index in [9.17, 15) is 9.59 Å². The number of carbonyl (C=O) groups is 2. The summed E-state index contributed by atoms with van der Waals surface area (Å²) in [7, 11) is 0. The smallest absolute Gasteiger partial charge is 0.249 e. The Morgan fingerprint density at radius 2 is 2.04 bits per heavy atom. The third-order valence-corrected chi connectivity index (χ3v) is 3.95. The number of anilines is 2. The molecule has 0 aliphatic carbocycles. The van der Waals surface area contributed by atoms with E-state index in [0.29, 0.717) is 17.8 Å². The second-order valence-corrected chi connectivity index (χ2v) is 5.62. The summed E-state index contributed by atoms with van der Waals surface area (Å²) in [6, 6.07) is 12.4. The first-order valence-electron chi connectivity index (χ1n) is 7.47. The molecule has 1 aromatic heterocycles. The number of hydrogen-bond donors (Lipinski definition) is 2. The zero-order valence-electron chi connectivity index (χ0n) is 12.8. The number of aromatic nitrogens is 1. The number of nitrogens with zero attached hydrogens (tertiary/aromatic N) is 2. The van der Waals surface area contributed by atoms with Crippen LogP contribution in [-0.2, 0) is 4.79 Å². The van der Waals surface area contributed by atoms with Gasteiger partial charge < -0.3 is 16.0 Å². The van der Waals surface area contributed by atoms with E-state index in [1.807, 2.05) is 37.3 Å². The van der Waals surface area contributed by atoms with Crippen molar-refractivity contribution in [2.45, 2.75) is 25.4 Å². The number of nitrogens with two attached hydrogens (primary N) is 1. The normalized spacial score (nSPS) is 20.6. The van der Waals surface area contributed by atoms with Crippen molar-refractivity contribution < 1.29 is 9.59 Å². The van der Waals surface area contributed by atoms with Gasteiger partial charge in [0, 0.05) is 23.5 Å². The molecule has 1 aliphatic rings. The highest BCUT2D eigenvalue weighted by Crippen LogP contribution is 2.28. The molecule has 0 bridgehead atoms. The van der Waals surface area contributed by atoms with Crippen molar-refractivity contribution in [1.82, 2.24) is 4.98 Å². The molecule has 2 heterocycles. The van der Waals surface area contributed by atoms with Crippen LogP contribution in [0, 0.1) is 0 Å². The molecule has 0 saturated carbocycles. The summed E-state index contributed by atoms with van der Waals surface area (Å²) in [6.45, 7) is 2.01. The van der Waals surface area contributed by atoms with E-state index in [0.717, 1.165) is 5.69 Å². The molecule has 0 spiro atoms. The van der Waals surface area contributed by atoms with Crippen molar-refractivity contribution >= 4 is 23.3 Å². The number of pyridine rings is 1. The summed E-state index contributed by atoms with van der Waals surface area (Å²) < 4.78 is 0. The quantitative estimate of drug-likeness (QED) is 0.901. The van der Waals surface area contributed by atoms with Crippen LogP contribution in [0.2, 0.25) is 0 Å². The van der Waals surface area contributed by atoms with Gasteiger partial charge in [-0.3, -0.25) is 9.59 Å². The molecule has 6 heteroatoms. The Morgan fingerprint density at radius 3 is 2.74 bits per heavy atom. The van der Waals surface area contributed by atoms with Gasteiger partial charge in [-0.1, -0.05) is 18.2 Å². The number of primary amides is 1. The zero-order valence-corrected chi connectivity index (χ0v) is 12.8. The van der Waals surface area contributed by atoms with Crippen LogP contribution in [0.4, 0.5) is 11.5 Å². The number of amides is 2. The van der Waals surface area contributed by atoms with Gasteiger partial charge in [-0.2, -0.15) is 0 Å². The van der Waals surface area contributed by atoms with E-state index in [2.05, 4.69) is 10.3 Å². The number of benzene rings is 1. The largest absolute Gasteiger partial charge is 0.366 e. The van der Waals surface area contributed by atoms with Crippen LogP contribution in [0.1, 0.15) is 23.7 Å². The van der Waals surface area contributed by atoms with Crippen molar-refractivity contribution in [1.29, 1.82) is 0 Å². The van der Waals surface area contributed by atoms with E-state index in [1.165, 1.54) is 6.20 Å². The molecule has 6 nitrogen and oxygen atoms in total. The highest BCUT2D eigenvalue weighted by molar-refractivity contribution is 6.01. The SMILES string of the molecule is CC1CC(Nc2cc(C(N)=O)ccn2)C(=O)N1c1ccccc1. The van der Waals surface area contributed by atoms with Crippen molar-refractivity contribution in [2.75, 3.05) is 10.2 Å². The van der Waals surface area contributed by atoms with Gasteiger partial charge in [0.15, 0.2) is 0 Å². The maximum Gasteiger partial charge on any atom is 0.249 e. The van der Waals surface area contributed by atoms with Crippen LogP contribution >= 0.6 is 0 Å². The van der Waals surface area contributed by atoms with Gasteiger partial charge in [0.2, 0.25) is 11.8 Å². The predicted molar refractivity (Wildman–Crippen MR) is 88.2 cm³/mol. The number of rotatable bonds is 4. The lowest BCUT2D eigenvalue weighted by Crippen LogP contribution is -2.35. The minimum Gasteiger partial charge on any atom is -0.366 e. The van der Waals surface area contributed by atoms with E-state index < -0.39 is 5.91 Å². The molecular formula is C17H18N4O2. The minimum atomic E-state index is -0.521. The second kappa shape index (κ2) is 6.08. The van der Waals surface area contributed by atoms with Gasteiger partial charge in [0.25, 0.3) is 0 Å². The molecular weight excluding hydrogens is 292 g/mol. The zero-order chi connectivity index (χ0) is 16.4. The topological polar surface area (TPSA) is 88.3 Å². The van der Waals surface area contributed by atoms with E-state index in [4.69, 9.17) is 5.73 Å². The molecule has 1 aliphatic heterocycles. The summed E-state index contributed by atoms with van der Waals surface area (Å²) >= 11 is 0. The average molecular weight is 310 g/mol. The Bertz CT molecular complexity index is 732. The predicted octanol–water partition coefficient (Wildman–Crippen LogP) is 1.79. The number of para-hydroxylation sites is 1. The first kappa shape index (κ1) is 15.0. The van der Waals surface area contributed by atoms with Crippen LogP contribution in [0.25, 0.3) is 0 Å². The summed E-state index contributed by atoms with van der Waals surface area (Å²) in [5.41, 5.74) is 6.51. The van der Waals surface area contributed by atoms with Gasteiger partial charge in [-0.25, -0.2) is 4.98 Å². The Balaban J connectivity index is 1.79. The van der Waals surface area contributed by atoms with Crippen molar-refractivity contribution in [3.63, 3.8) is 0 Å². The van der Waals surface area contributed by atoms with Gasteiger partial charge in [0.1, 0.15) is 11.9 Å². The van der Waals surface area contributed by atoms with Gasteiger partial charge >= 0.3 is 0 Å². The maximum absolute atomic E-state index is 12.7. The lowest BCUT2D eigenvalue weighted by molar-refractivity contribution is -0.117. The van der Waals surface area contributed by atoms with Crippen LogP contribution in [-0.4, -0.2) is 28.9 Å². The third-order valence-electron chi connectivity index (χ3n) is 3.95. The summed E-state index contributed by atoms with van der Waals surface area (Å²) in [5, 5.41) is 3.11. The molecule has 23 heavy (non-hydrogen) atoms. The summed E-state index contributed by atoms with van der Waals surface area (Å²) in [5.74, 6) is -0.0516. The third kappa shape index (κ3) is 3.01. The van der Waals surface area contributed by atoms with E-state index in [-0.39, 0.29) is 18.0 Å². The summed E-state index contributed by atoms with van der Waals surface area (Å²) in [6.07, 6.45) is 2.16.